The topological polar surface area (TPSA) is 121 Å². The lowest BCUT2D eigenvalue weighted by molar-refractivity contribution is -0.0584. The molecule has 27 heavy (non-hydrogen) atoms. The fraction of sp³-hybridized carbons (Fsp3) is 0.765. The van der Waals surface area contributed by atoms with Crippen LogP contribution in [0.5, 0.6) is 0 Å². The molecule has 2 aliphatic heterocycles. The summed E-state index contributed by atoms with van der Waals surface area (Å²) in [5.74, 6) is 0.927. The number of piperidine rings is 1. The van der Waals surface area contributed by atoms with Crippen LogP contribution < -0.4 is 5.32 Å². The summed E-state index contributed by atoms with van der Waals surface area (Å²) in [6, 6.07) is -0.829. The van der Waals surface area contributed by atoms with E-state index >= 15 is 0 Å². The Kier molecular flexibility index (Phi) is 5.54. The Hall–Kier alpha value is -2.36. The molecule has 3 rings (SSSR count). The molecule has 0 unspecified atom stereocenters. The highest BCUT2D eigenvalue weighted by molar-refractivity contribution is 5.76. The number of fused-ring (bicyclic) bond motifs is 2. The van der Waals surface area contributed by atoms with Crippen molar-refractivity contribution in [2.24, 2.45) is 0 Å². The number of carbonyl (C=O) groups is 2. The van der Waals surface area contributed by atoms with Crippen LogP contribution in [-0.4, -0.2) is 62.2 Å². The smallest absolute Gasteiger partial charge is 0.407 e. The maximum atomic E-state index is 12.0. The molecule has 150 valence electrons. The van der Waals surface area contributed by atoms with Gasteiger partial charge in [0.1, 0.15) is 11.6 Å². The molecule has 2 N–H and O–H groups in total. The van der Waals surface area contributed by atoms with Crippen molar-refractivity contribution in [2.45, 2.75) is 70.6 Å². The third-order valence-electron chi connectivity index (χ3n) is 4.60. The lowest BCUT2D eigenvalue weighted by Crippen LogP contribution is -2.34. The van der Waals surface area contributed by atoms with Crippen molar-refractivity contribution in [3.63, 3.8) is 0 Å². The maximum Gasteiger partial charge on any atom is 0.407 e. The molecule has 0 saturated carbocycles. The lowest BCUT2D eigenvalue weighted by atomic mass is 10.0. The van der Waals surface area contributed by atoms with Crippen molar-refractivity contribution < 1.29 is 24.0 Å². The Balaban J connectivity index is 1.41. The molecule has 0 aliphatic carbocycles. The van der Waals surface area contributed by atoms with Crippen LogP contribution in [0.15, 0.2) is 4.42 Å². The van der Waals surface area contributed by atoms with Gasteiger partial charge in [0.2, 0.25) is 11.8 Å². The summed E-state index contributed by atoms with van der Waals surface area (Å²) < 4.78 is 10.9. The number of nitrogens with one attached hydrogen (secondary N) is 1. The van der Waals surface area contributed by atoms with Gasteiger partial charge in [0, 0.05) is 19.5 Å². The van der Waals surface area contributed by atoms with Crippen molar-refractivity contribution in [3.8, 4) is 0 Å². The van der Waals surface area contributed by atoms with E-state index in [0.717, 1.165) is 17.9 Å². The summed E-state index contributed by atoms with van der Waals surface area (Å²) in [5, 5.41) is 21.4. The lowest BCUT2D eigenvalue weighted by Gasteiger charge is -2.27. The summed E-state index contributed by atoms with van der Waals surface area (Å²) in [5.41, 5.74) is -0.507. The van der Waals surface area contributed by atoms with E-state index in [2.05, 4.69) is 15.5 Å². The Morgan fingerprint density at radius 1 is 1.33 bits per heavy atom. The van der Waals surface area contributed by atoms with Gasteiger partial charge in [-0.3, -0.25) is 5.21 Å². The minimum Gasteiger partial charge on any atom is -0.444 e. The van der Waals surface area contributed by atoms with E-state index in [-0.39, 0.29) is 12.1 Å². The number of amides is 3. The number of hydrogen-bond donors (Lipinski definition) is 2. The molecule has 0 spiro atoms. The second-order valence-corrected chi connectivity index (χ2v) is 7.95. The van der Waals surface area contributed by atoms with Crippen LogP contribution in [0.1, 0.15) is 64.3 Å². The van der Waals surface area contributed by atoms with Crippen LogP contribution in [0.4, 0.5) is 9.59 Å². The molecule has 0 aromatic carbocycles. The molecule has 1 aromatic rings. The number of urea groups is 1. The Morgan fingerprint density at radius 2 is 2.11 bits per heavy atom. The van der Waals surface area contributed by atoms with Crippen molar-refractivity contribution >= 4 is 12.1 Å². The highest BCUT2D eigenvalue weighted by Crippen LogP contribution is 2.36. The minimum atomic E-state index is -0.507. The number of ether oxygens (including phenoxy) is 1. The maximum absolute atomic E-state index is 12.0. The highest BCUT2D eigenvalue weighted by atomic mass is 16.6. The van der Waals surface area contributed by atoms with Gasteiger partial charge >= 0.3 is 12.1 Å². The zero-order valence-electron chi connectivity index (χ0n) is 16.0. The standard InChI is InChI=1S/C17H27N5O5/c1-17(2,3)27-15(23)18-9-5-4-6-13-19-20-14(26-13)12-8-7-11-10-21(12)16(24)22(11)25/h11-12,25H,4-10H2,1-3H3,(H,18,23)/t11-,12-/m0/s1. The first kappa shape index (κ1) is 19.4. The van der Waals surface area contributed by atoms with Gasteiger partial charge in [0.05, 0.1) is 6.04 Å². The first-order valence-corrected chi connectivity index (χ1v) is 9.32. The first-order valence-electron chi connectivity index (χ1n) is 9.32. The predicted octanol–water partition coefficient (Wildman–Crippen LogP) is 2.25. The van der Waals surface area contributed by atoms with E-state index in [4.69, 9.17) is 9.15 Å². The van der Waals surface area contributed by atoms with Crippen molar-refractivity contribution in [3.05, 3.63) is 11.8 Å². The van der Waals surface area contributed by atoms with Gasteiger partial charge in [-0.1, -0.05) is 0 Å². The van der Waals surface area contributed by atoms with E-state index in [1.54, 1.807) is 4.90 Å². The summed E-state index contributed by atoms with van der Waals surface area (Å²) in [6.45, 7) is 6.45. The molecule has 0 radical (unpaired) electrons. The third kappa shape index (κ3) is 4.68. The Morgan fingerprint density at radius 3 is 2.85 bits per heavy atom. The predicted molar refractivity (Wildman–Crippen MR) is 93.0 cm³/mol. The van der Waals surface area contributed by atoms with Crippen LogP contribution >= 0.6 is 0 Å². The first-order chi connectivity index (χ1) is 12.7. The molecule has 2 fully saturated rings. The number of aromatic nitrogens is 2. The van der Waals surface area contributed by atoms with Gasteiger partial charge in [-0.15, -0.1) is 10.2 Å². The molecule has 2 aliphatic rings. The van der Waals surface area contributed by atoms with Crippen LogP contribution in [-0.2, 0) is 11.2 Å². The number of nitrogens with zero attached hydrogens (tertiary/aromatic N) is 4. The van der Waals surface area contributed by atoms with Gasteiger partial charge in [-0.2, -0.15) is 0 Å². The second-order valence-electron chi connectivity index (χ2n) is 7.95. The second kappa shape index (κ2) is 7.71. The largest absolute Gasteiger partial charge is 0.444 e. The number of hydrogen-bond acceptors (Lipinski definition) is 7. The zero-order valence-corrected chi connectivity index (χ0v) is 16.0. The summed E-state index contributed by atoms with van der Waals surface area (Å²) in [6.07, 6.45) is 3.10. The van der Waals surface area contributed by atoms with Crippen LogP contribution in [0.25, 0.3) is 0 Å². The van der Waals surface area contributed by atoms with Gasteiger partial charge in [-0.25, -0.2) is 14.7 Å². The van der Waals surface area contributed by atoms with E-state index in [1.807, 2.05) is 20.8 Å². The SMILES string of the molecule is CC(C)(C)OC(=O)NCCCCc1nnc([C@@H]2CC[C@H]3CN2C(=O)N3O)o1. The zero-order chi connectivity index (χ0) is 19.6. The van der Waals surface area contributed by atoms with Crippen LogP contribution in [0.3, 0.4) is 0 Å². The van der Waals surface area contributed by atoms with Crippen molar-refractivity contribution in [1.29, 1.82) is 0 Å². The monoisotopic (exact) mass is 381 g/mol. The van der Waals surface area contributed by atoms with E-state index in [0.29, 0.717) is 44.1 Å². The normalized spacial score (nSPS) is 22.3. The summed E-state index contributed by atoms with van der Waals surface area (Å²) >= 11 is 0. The van der Waals surface area contributed by atoms with E-state index in [1.165, 1.54) is 0 Å². The molecule has 3 heterocycles. The van der Waals surface area contributed by atoms with Gasteiger partial charge < -0.3 is 19.4 Å². The number of hydroxylamine groups is 2. The molecule has 2 bridgehead atoms. The number of unbranched alkanes of at least 4 members (excludes halogenated alkanes) is 1. The van der Waals surface area contributed by atoms with Crippen molar-refractivity contribution in [2.75, 3.05) is 13.1 Å². The summed E-state index contributed by atoms with van der Waals surface area (Å²) in [4.78, 5) is 25.2. The molecular weight excluding hydrogens is 354 g/mol. The number of alkyl carbamates (subject to hydrolysis) is 1. The van der Waals surface area contributed by atoms with Crippen LogP contribution in [0, 0.1) is 0 Å². The summed E-state index contributed by atoms with van der Waals surface area (Å²) in [7, 11) is 0. The van der Waals surface area contributed by atoms with Gasteiger partial charge in [0.15, 0.2) is 0 Å². The molecule has 1 aromatic heterocycles. The highest BCUT2D eigenvalue weighted by Gasteiger charge is 2.46. The Labute approximate surface area is 157 Å². The fourth-order valence-electron chi connectivity index (χ4n) is 3.32. The quantitative estimate of drug-likeness (QED) is 0.572. The van der Waals surface area contributed by atoms with Gasteiger partial charge in [0.25, 0.3) is 0 Å². The molecule has 2 atom stereocenters. The molecule has 3 amide bonds. The number of rotatable bonds is 6. The average molecular weight is 381 g/mol. The molecule has 10 heteroatoms. The molecule has 10 nitrogen and oxygen atoms in total. The van der Waals surface area contributed by atoms with Crippen LogP contribution in [0.2, 0.25) is 0 Å². The van der Waals surface area contributed by atoms with E-state index < -0.39 is 17.7 Å². The fourth-order valence-corrected chi connectivity index (χ4v) is 3.32. The van der Waals surface area contributed by atoms with Gasteiger partial charge in [-0.05, 0) is 46.5 Å². The average Bonchev–Trinajstić information content (AvgIpc) is 3.14. The number of carbonyl (C=O) groups excluding carboxylic acids is 2. The molecular formula is C17H27N5O5. The van der Waals surface area contributed by atoms with E-state index in [9.17, 15) is 14.8 Å². The Bertz CT molecular complexity index is 685. The number of aryl methyl sites for hydroxylation is 1. The molecule has 2 saturated heterocycles. The van der Waals surface area contributed by atoms with Crippen molar-refractivity contribution in [1.82, 2.24) is 25.5 Å². The third-order valence-corrected chi connectivity index (χ3v) is 4.60. The minimum absolute atomic E-state index is 0.145.